The fourth-order valence-corrected chi connectivity index (χ4v) is 20.4. The van der Waals surface area contributed by atoms with E-state index in [1.807, 2.05) is 61.3 Å². The SMILES string of the molecule is CC1(C)c2cc(-c3ncccn3)ccc2-c2ccc(N3B(c4ccccc4)N(c4ccccc4)c4ccccc43)cc21.c1ccc(B2N(c3ccccc3)c3ccccc3N2c2ccc3c(c2)c2ncccc2n3-c2ncccn2)cc1.c1ccc(N2B(c3ccc4c(c3)-c3ccccc3C4(c3cccnc3)c3cccnc3)N(c3ccccc3)c3ccccc32)cc1. The van der Waals surface area contributed by atoms with Crippen molar-refractivity contribution in [1.82, 2.24) is 39.5 Å². The Morgan fingerprint density at radius 1 is 0.250 bits per heavy atom. The standard InChI is InChI=1S/C41H29BN4.C37H29BN4.C33H23BN6/c1-3-15-33(16-4-1)45-39-21-9-10-22-40(39)46(34-17-5-2-6-18-34)42(45)32-23-24-38-36(27-32)35-19-7-8-20-37(35)41(38,30-13-11-25-43-28-30)31-14-12-26-44-29-31;1-37(2)32-24-26(36-39-22-11-23-40-36)18-20-30(32)31-21-19-29(25-33(31)37)42-35-17-10-9-16-34(35)41(28-14-7-4-8-15-28)38(42)27-12-5-3-6-13-27;1-3-11-24(12-4-1)34-39(25-13-5-2-6-14-25)29-15-7-8-16-30(29)40(34)26-18-19-28-27(23-26)32-31(17-9-20-35-32)38(28)33-36-21-10-22-37-33/h1-29H;3-25H,1-2H3;1-23H. The average Bonchev–Trinajstić information content (AvgIpc) is 1.52. The first-order chi connectivity index (χ1) is 63.3. The van der Waals surface area contributed by atoms with Crippen LogP contribution in [0.5, 0.6) is 0 Å². The Morgan fingerprint density at radius 3 is 1.13 bits per heavy atom. The maximum absolute atomic E-state index is 4.80. The summed E-state index contributed by atoms with van der Waals surface area (Å²) in [4.78, 5) is 46.9. The molecule has 3 aliphatic heterocycles. The molecule has 17 heteroatoms. The van der Waals surface area contributed by atoms with Crippen molar-refractivity contribution in [3.63, 3.8) is 0 Å². The second kappa shape index (κ2) is 32.0. The van der Waals surface area contributed by atoms with E-state index in [9.17, 15) is 0 Å². The molecule has 0 bridgehead atoms. The second-order valence-electron chi connectivity index (χ2n) is 33.2. The van der Waals surface area contributed by atoms with Crippen LogP contribution in [0.3, 0.4) is 0 Å². The summed E-state index contributed by atoms with van der Waals surface area (Å²) in [5, 5.41) is 1.06. The predicted molar refractivity (Wildman–Crippen MR) is 526 cm³/mol. The van der Waals surface area contributed by atoms with Crippen LogP contribution in [0, 0.1) is 0 Å². The third kappa shape index (κ3) is 12.7. The molecule has 14 nitrogen and oxygen atoms in total. The van der Waals surface area contributed by atoms with Gasteiger partial charge in [0.15, 0.2) is 5.82 Å². The summed E-state index contributed by atoms with van der Waals surface area (Å²) in [5.41, 5.74) is 33.4. The Labute approximate surface area is 744 Å². The fourth-order valence-electron chi connectivity index (χ4n) is 20.4. The molecule has 2 aliphatic carbocycles. The third-order valence-corrected chi connectivity index (χ3v) is 25.9. The number of hydrogen-bond acceptors (Lipinski definition) is 13. The highest BCUT2D eigenvalue weighted by molar-refractivity contribution is 6.86. The van der Waals surface area contributed by atoms with Crippen molar-refractivity contribution in [3.8, 4) is 39.6 Å². The molecule has 0 amide bonds. The van der Waals surface area contributed by atoms with E-state index in [2.05, 4.69) is 447 Å². The van der Waals surface area contributed by atoms with Gasteiger partial charge in [0.2, 0.25) is 5.95 Å². The highest BCUT2D eigenvalue weighted by Crippen LogP contribution is 2.58. The Hall–Kier alpha value is -16.5. The van der Waals surface area contributed by atoms with Gasteiger partial charge in [-0.1, -0.05) is 257 Å². The smallest absolute Gasteiger partial charge is 0.360 e. The van der Waals surface area contributed by atoms with Crippen LogP contribution >= 0.6 is 0 Å². The molecule has 0 spiro atoms. The summed E-state index contributed by atoms with van der Waals surface area (Å²) < 4.78 is 2.09. The zero-order valence-corrected chi connectivity index (χ0v) is 70.3. The molecular weight excluding hydrogens is 1560 g/mol. The van der Waals surface area contributed by atoms with Crippen LogP contribution in [0.15, 0.2) is 456 Å². The molecule has 0 saturated carbocycles. The maximum Gasteiger partial charge on any atom is 0.420 e. The van der Waals surface area contributed by atoms with Gasteiger partial charge in [-0.05, 0) is 230 Å². The molecule has 128 heavy (non-hydrogen) atoms. The van der Waals surface area contributed by atoms with Crippen LogP contribution in [0.1, 0.15) is 47.2 Å². The molecule has 0 saturated heterocycles. The molecule has 0 N–H and O–H groups in total. The minimum absolute atomic E-state index is 0.0298. The fraction of sp³-hybridized carbons (Fsp3) is 0.0360. The van der Waals surface area contributed by atoms with Crippen molar-refractivity contribution in [2.75, 3.05) is 28.9 Å². The Kier molecular flexibility index (Phi) is 19.1. The van der Waals surface area contributed by atoms with E-state index in [1.54, 1.807) is 24.8 Å². The molecule has 0 radical (unpaired) electrons. The quantitative estimate of drug-likeness (QED) is 0.102. The summed E-state index contributed by atoms with van der Waals surface area (Å²) >= 11 is 0. The van der Waals surface area contributed by atoms with Gasteiger partial charge in [0.25, 0.3) is 0 Å². The molecule has 20 aromatic rings. The van der Waals surface area contributed by atoms with Crippen molar-refractivity contribution < 1.29 is 0 Å². The molecular formula is C111H81B3N14. The number of anilines is 12. The zero-order valence-electron chi connectivity index (χ0n) is 70.3. The Bertz CT molecular complexity index is 7380. The average molecular weight is 1640 g/mol. The van der Waals surface area contributed by atoms with Crippen molar-refractivity contribution in [2.24, 2.45) is 0 Å². The van der Waals surface area contributed by atoms with E-state index in [4.69, 9.17) is 4.98 Å². The van der Waals surface area contributed by atoms with Crippen LogP contribution in [0.25, 0.3) is 61.5 Å². The lowest BCUT2D eigenvalue weighted by molar-refractivity contribution is 0.660. The summed E-state index contributed by atoms with van der Waals surface area (Å²) in [6.07, 6.45) is 16.7. The molecule has 604 valence electrons. The van der Waals surface area contributed by atoms with Crippen LogP contribution in [0.4, 0.5) is 68.2 Å². The number of benzene rings is 14. The lowest BCUT2D eigenvalue weighted by Crippen LogP contribution is -2.53. The van der Waals surface area contributed by atoms with Gasteiger partial charge in [-0.2, -0.15) is 0 Å². The van der Waals surface area contributed by atoms with Gasteiger partial charge < -0.3 is 28.9 Å². The molecule has 25 rings (SSSR count). The minimum Gasteiger partial charge on any atom is -0.360 e. The van der Waals surface area contributed by atoms with Crippen LogP contribution in [0.2, 0.25) is 0 Å². The third-order valence-electron chi connectivity index (χ3n) is 25.9. The van der Waals surface area contributed by atoms with E-state index in [-0.39, 0.29) is 26.4 Å². The van der Waals surface area contributed by atoms with Gasteiger partial charge in [0, 0.05) is 106 Å². The first-order valence-corrected chi connectivity index (χ1v) is 43.5. The number of fused-ring (bicyclic) bond motifs is 12. The number of pyridine rings is 3. The predicted octanol–water partition coefficient (Wildman–Crippen LogP) is 23.3. The van der Waals surface area contributed by atoms with E-state index < -0.39 is 5.41 Å². The van der Waals surface area contributed by atoms with Crippen LogP contribution in [-0.2, 0) is 10.8 Å². The number of hydrogen-bond donors (Lipinski definition) is 0. The molecule has 5 aliphatic rings. The summed E-state index contributed by atoms with van der Waals surface area (Å²) in [6, 6.07) is 143. The van der Waals surface area contributed by atoms with E-state index >= 15 is 0 Å². The number of rotatable bonds is 13. The van der Waals surface area contributed by atoms with Crippen LogP contribution < -0.4 is 45.3 Å². The van der Waals surface area contributed by atoms with E-state index in [0.717, 1.165) is 72.9 Å². The monoisotopic (exact) mass is 1640 g/mol. The van der Waals surface area contributed by atoms with E-state index in [1.165, 1.54) is 101 Å². The van der Waals surface area contributed by atoms with Crippen molar-refractivity contribution in [3.05, 3.63) is 490 Å². The Morgan fingerprint density at radius 2 is 0.641 bits per heavy atom. The molecule has 0 unspecified atom stereocenters. The minimum atomic E-state index is -0.538. The molecule has 14 aromatic carbocycles. The zero-order chi connectivity index (χ0) is 85.2. The van der Waals surface area contributed by atoms with Gasteiger partial charge >= 0.3 is 20.9 Å². The first-order valence-electron chi connectivity index (χ1n) is 43.5. The maximum atomic E-state index is 4.80. The van der Waals surface area contributed by atoms with Gasteiger partial charge in [0.1, 0.15) is 0 Å². The molecule has 0 atom stereocenters. The number of nitrogens with zero attached hydrogens (tertiary/aromatic N) is 14. The van der Waals surface area contributed by atoms with E-state index in [0.29, 0.717) is 5.95 Å². The second-order valence-corrected chi connectivity index (χ2v) is 33.2. The van der Waals surface area contributed by atoms with Crippen molar-refractivity contribution in [1.29, 1.82) is 0 Å². The summed E-state index contributed by atoms with van der Waals surface area (Å²) in [5.74, 6) is 1.39. The summed E-state index contributed by atoms with van der Waals surface area (Å²) in [7, 11) is 0. The lowest BCUT2D eigenvalue weighted by Gasteiger charge is -2.33. The molecule has 6 aromatic heterocycles. The van der Waals surface area contributed by atoms with Gasteiger partial charge in [-0.15, -0.1) is 0 Å². The molecule has 9 heterocycles. The van der Waals surface area contributed by atoms with Gasteiger partial charge in [-0.3, -0.25) is 19.5 Å². The van der Waals surface area contributed by atoms with Crippen LogP contribution in [-0.4, -0.2) is 60.4 Å². The van der Waals surface area contributed by atoms with Gasteiger partial charge in [-0.25, -0.2) is 19.9 Å². The summed E-state index contributed by atoms with van der Waals surface area (Å²) in [6.45, 7) is 4.46. The van der Waals surface area contributed by atoms with Crippen molar-refractivity contribution >= 4 is 128 Å². The number of aromatic nitrogens is 8. The largest absolute Gasteiger partial charge is 0.420 e. The highest BCUT2D eigenvalue weighted by atomic mass is 15.3. The Balaban J connectivity index is 0.000000110. The highest BCUT2D eigenvalue weighted by Gasteiger charge is 2.51. The lowest BCUT2D eigenvalue weighted by atomic mass is 9.63. The number of para-hydroxylation sites is 10. The van der Waals surface area contributed by atoms with Crippen molar-refractivity contribution in [2.45, 2.75) is 24.7 Å². The topological polar surface area (TPSA) is 115 Å². The van der Waals surface area contributed by atoms with Gasteiger partial charge in [0.05, 0.1) is 56.1 Å². The normalized spacial score (nSPS) is 13.8. The first kappa shape index (κ1) is 76.4. The molecule has 0 fully saturated rings.